The van der Waals surface area contributed by atoms with Gasteiger partial charge >= 0.3 is 5.82 Å². The van der Waals surface area contributed by atoms with Crippen molar-refractivity contribution in [1.82, 2.24) is 15.6 Å². The molecule has 0 amide bonds. The Morgan fingerprint density at radius 3 is 3.06 bits per heavy atom. The Hall–Kier alpha value is -2.37. The van der Waals surface area contributed by atoms with Gasteiger partial charge in [-0.15, -0.1) is 0 Å². The SMILES string of the molecule is C=CCNC(=CNCc1cccnc1)[N+](=O)[O-]. The number of aromatic nitrogens is 1. The Morgan fingerprint density at radius 2 is 2.47 bits per heavy atom. The van der Waals surface area contributed by atoms with E-state index in [9.17, 15) is 10.1 Å². The molecule has 17 heavy (non-hydrogen) atoms. The molecule has 0 saturated heterocycles. The summed E-state index contributed by atoms with van der Waals surface area (Å²) in [4.78, 5) is 14.1. The van der Waals surface area contributed by atoms with Crippen LogP contribution in [0.25, 0.3) is 0 Å². The van der Waals surface area contributed by atoms with Crippen molar-refractivity contribution in [2.45, 2.75) is 6.54 Å². The van der Waals surface area contributed by atoms with Crippen molar-refractivity contribution < 1.29 is 4.92 Å². The lowest BCUT2D eigenvalue weighted by Crippen LogP contribution is -2.22. The van der Waals surface area contributed by atoms with E-state index in [1.807, 2.05) is 12.1 Å². The lowest BCUT2D eigenvalue weighted by atomic mass is 10.3. The molecule has 90 valence electrons. The number of nitrogens with one attached hydrogen (secondary N) is 2. The molecule has 0 aliphatic carbocycles. The minimum atomic E-state index is -0.486. The number of nitro groups is 1. The number of rotatable bonds is 7. The molecule has 1 rings (SSSR count). The zero-order valence-electron chi connectivity index (χ0n) is 9.30. The molecule has 0 spiro atoms. The average Bonchev–Trinajstić information content (AvgIpc) is 2.34. The molecule has 2 N–H and O–H groups in total. The van der Waals surface area contributed by atoms with Gasteiger partial charge in [-0.3, -0.25) is 10.3 Å². The topological polar surface area (TPSA) is 80.1 Å². The number of hydrogen-bond acceptors (Lipinski definition) is 5. The fourth-order valence-corrected chi connectivity index (χ4v) is 1.11. The minimum absolute atomic E-state index is 0.0891. The van der Waals surface area contributed by atoms with Crippen molar-refractivity contribution in [3.63, 3.8) is 0 Å². The van der Waals surface area contributed by atoms with Crippen LogP contribution in [0.15, 0.2) is 49.2 Å². The fraction of sp³-hybridized carbons (Fsp3) is 0.182. The Kier molecular flexibility index (Phi) is 5.23. The Morgan fingerprint density at radius 1 is 1.65 bits per heavy atom. The Balaban J connectivity index is 2.49. The number of hydrogen-bond donors (Lipinski definition) is 2. The highest BCUT2D eigenvalue weighted by molar-refractivity contribution is 5.08. The fourth-order valence-electron chi connectivity index (χ4n) is 1.11. The van der Waals surface area contributed by atoms with Crippen LogP contribution in [0.5, 0.6) is 0 Å². The summed E-state index contributed by atoms with van der Waals surface area (Å²) >= 11 is 0. The summed E-state index contributed by atoms with van der Waals surface area (Å²) in [6, 6.07) is 3.70. The van der Waals surface area contributed by atoms with E-state index >= 15 is 0 Å². The van der Waals surface area contributed by atoms with Crippen molar-refractivity contribution in [3.05, 3.63) is 64.9 Å². The van der Waals surface area contributed by atoms with E-state index in [-0.39, 0.29) is 5.82 Å². The smallest absolute Gasteiger partial charge is 0.332 e. The van der Waals surface area contributed by atoms with Gasteiger partial charge in [0.2, 0.25) is 0 Å². The summed E-state index contributed by atoms with van der Waals surface area (Å²) < 4.78 is 0. The maximum absolute atomic E-state index is 10.6. The van der Waals surface area contributed by atoms with Crippen LogP contribution in [0, 0.1) is 10.1 Å². The molecule has 0 fully saturated rings. The summed E-state index contributed by atoms with van der Waals surface area (Å²) in [5, 5.41) is 16.1. The second kappa shape index (κ2) is 7.00. The zero-order valence-corrected chi connectivity index (χ0v) is 9.30. The van der Waals surface area contributed by atoms with Crippen molar-refractivity contribution in [2.24, 2.45) is 0 Å². The third-order valence-electron chi connectivity index (χ3n) is 1.89. The summed E-state index contributed by atoms with van der Waals surface area (Å²) in [5.41, 5.74) is 0.954. The summed E-state index contributed by atoms with van der Waals surface area (Å²) in [6.45, 7) is 4.31. The van der Waals surface area contributed by atoms with Gasteiger partial charge in [0, 0.05) is 18.9 Å². The molecule has 6 nitrogen and oxygen atoms in total. The largest absolute Gasteiger partial charge is 0.380 e. The molecule has 1 aromatic heterocycles. The van der Waals surface area contributed by atoms with Gasteiger partial charge in [0.1, 0.15) is 6.54 Å². The van der Waals surface area contributed by atoms with Gasteiger partial charge in [0.15, 0.2) is 0 Å². The predicted molar refractivity (Wildman–Crippen MR) is 64.4 cm³/mol. The van der Waals surface area contributed by atoms with E-state index in [0.717, 1.165) is 5.56 Å². The molecule has 0 aromatic carbocycles. The first-order valence-electron chi connectivity index (χ1n) is 5.05. The van der Waals surface area contributed by atoms with Crippen molar-refractivity contribution in [3.8, 4) is 0 Å². The molecular formula is C11H14N4O2. The van der Waals surface area contributed by atoms with Crippen LogP contribution < -0.4 is 10.6 Å². The van der Waals surface area contributed by atoms with Crippen LogP contribution in [0.2, 0.25) is 0 Å². The van der Waals surface area contributed by atoms with Gasteiger partial charge in [-0.25, -0.2) is 0 Å². The second-order valence-electron chi connectivity index (χ2n) is 3.20. The van der Waals surface area contributed by atoms with Crippen LogP contribution >= 0.6 is 0 Å². The third-order valence-corrected chi connectivity index (χ3v) is 1.89. The van der Waals surface area contributed by atoms with E-state index < -0.39 is 4.92 Å². The lowest BCUT2D eigenvalue weighted by Gasteiger charge is -2.03. The maximum Gasteiger partial charge on any atom is 0.332 e. The third kappa shape index (κ3) is 4.78. The molecule has 6 heteroatoms. The summed E-state index contributed by atoms with van der Waals surface area (Å²) in [6.07, 6.45) is 6.26. The first-order valence-corrected chi connectivity index (χ1v) is 5.05. The zero-order chi connectivity index (χ0) is 12.5. The minimum Gasteiger partial charge on any atom is -0.380 e. The molecule has 0 aliphatic rings. The highest BCUT2D eigenvalue weighted by Crippen LogP contribution is 1.95. The molecule has 0 bridgehead atoms. The van der Waals surface area contributed by atoms with E-state index in [4.69, 9.17) is 0 Å². The molecule has 0 atom stereocenters. The van der Waals surface area contributed by atoms with Gasteiger partial charge in [-0.2, -0.15) is 0 Å². The first-order chi connectivity index (χ1) is 8.24. The molecule has 0 saturated carbocycles. The van der Waals surface area contributed by atoms with Crippen molar-refractivity contribution >= 4 is 0 Å². The first kappa shape index (κ1) is 12.7. The molecule has 1 aromatic rings. The molecular weight excluding hydrogens is 220 g/mol. The highest BCUT2D eigenvalue weighted by atomic mass is 16.6. The van der Waals surface area contributed by atoms with Crippen LogP contribution in [0.4, 0.5) is 0 Å². The standard InChI is InChI=1S/C11H14N4O2/c1-2-5-14-11(15(16)17)9-13-8-10-4-3-6-12-7-10/h2-4,6-7,9,13-14H,1,5,8H2. The van der Waals surface area contributed by atoms with Gasteiger partial charge in [0.05, 0.1) is 6.20 Å². The Bertz CT molecular complexity index is 403. The molecule has 1 heterocycles. The van der Waals surface area contributed by atoms with E-state index in [2.05, 4.69) is 22.2 Å². The number of nitrogens with zero attached hydrogens (tertiary/aromatic N) is 2. The van der Waals surface area contributed by atoms with E-state index in [1.165, 1.54) is 6.20 Å². The van der Waals surface area contributed by atoms with Crippen molar-refractivity contribution in [2.75, 3.05) is 6.54 Å². The van der Waals surface area contributed by atoms with Gasteiger partial charge < -0.3 is 15.4 Å². The van der Waals surface area contributed by atoms with Gasteiger partial charge in [-0.05, 0) is 16.6 Å². The number of pyridine rings is 1. The van der Waals surface area contributed by atoms with Crippen LogP contribution in [-0.4, -0.2) is 16.5 Å². The quantitative estimate of drug-likeness (QED) is 0.418. The second-order valence-corrected chi connectivity index (χ2v) is 3.20. The van der Waals surface area contributed by atoms with E-state index in [0.29, 0.717) is 13.1 Å². The lowest BCUT2D eigenvalue weighted by molar-refractivity contribution is -0.432. The highest BCUT2D eigenvalue weighted by Gasteiger charge is 2.05. The van der Waals surface area contributed by atoms with Crippen LogP contribution in [0.1, 0.15) is 5.56 Å². The summed E-state index contributed by atoms with van der Waals surface area (Å²) in [5.74, 6) is -0.0891. The van der Waals surface area contributed by atoms with Crippen molar-refractivity contribution in [1.29, 1.82) is 0 Å². The predicted octanol–water partition coefficient (Wildman–Crippen LogP) is 1.02. The van der Waals surface area contributed by atoms with Crippen LogP contribution in [0.3, 0.4) is 0 Å². The Labute approximate surface area is 99.2 Å². The normalized spacial score (nSPS) is 10.7. The van der Waals surface area contributed by atoms with Crippen LogP contribution in [-0.2, 0) is 6.54 Å². The van der Waals surface area contributed by atoms with Gasteiger partial charge in [-0.1, -0.05) is 18.7 Å². The molecule has 0 unspecified atom stereocenters. The molecule has 0 radical (unpaired) electrons. The monoisotopic (exact) mass is 234 g/mol. The summed E-state index contributed by atoms with van der Waals surface area (Å²) in [7, 11) is 0. The van der Waals surface area contributed by atoms with Gasteiger partial charge in [0.25, 0.3) is 0 Å². The molecule has 0 aliphatic heterocycles. The van der Waals surface area contributed by atoms with E-state index in [1.54, 1.807) is 18.5 Å². The average molecular weight is 234 g/mol. The maximum atomic E-state index is 10.6.